The molecule has 2 saturated carbocycles. The lowest BCUT2D eigenvalue weighted by molar-refractivity contribution is 0.268. The molecule has 2 aromatic carbocycles. The molecule has 5 rings (SSSR count). The molecule has 0 unspecified atom stereocenters. The zero-order valence-electron chi connectivity index (χ0n) is 20.0. The predicted octanol–water partition coefficient (Wildman–Crippen LogP) is 8.78. The molecule has 0 bridgehead atoms. The maximum absolute atomic E-state index is 2.55. The van der Waals surface area contributed by atoms with Gasteiger partial charge < -0.3 is 0 Å². The first-order chi connectivity index (χ1) is 15.2. The number of fused-ring (bicyclic) bond motifs is 3. The van der Waals surface area contributed by atoms with Crippen molar-refractivity contribution in [3.63, 3.8) is 0 Å². The Bertz CT molecular complexity index is 801. The van der Waals surface area contributed by atoms with Gasteiger partial charge in [-0.3, -0.25) is 0 Å². The fourth-order valence-electron chi connectivity index (χ4n) is 6.93. The number of hydrogen-bond acceptors (Lipinski definition) is 0. The summed E-state index contributed by atoms with van der Waals surface area (Å²) in [4.78, 5) is 0. The van der Waals surface area contributed by atoms with Gasteiger partial charge in [-0.05, 0) is 102 Å². The van der Waals surface area contributed by atoms with Crippen molar-refractivity contribution in [1.29, 1.82) is 0 Å². The number of benzene rings is 2. The van der Waals surface area contributed by atoms with E-state index in [0.717, 1.165) is 30.1 Å². The van der Waals surface area contributed by atoms with Gasteiger partial charge in [0.2, 0.25) is 0 Å². The third-order valence-corrected chi connectivity index (χ3v) is 9.15. The Balaban J connectivity index is 1.22. The molecule has 0 aliphatic heterocycles. The molecule has 0 aromatic heterocycles. The molecule has 0 atom stereocenters. The highest BCUT2D eigenvalue weighted by atomic mass is 14.3. The van der Waals surface area contributed by atoms with Crippen LogP contribution in [0.2, 0.25) is 0 Å². The fraction of sp³-hybridized carbons (Fsp3) is 0.613. The zero-order valence-corrected chi connectivity index (χ0v) is 20.0. The van der Waals surface area contributed by atoms with Crippen molar-refractivity contribution in [3.8, 4) is 11.1 Å². The molecule has 0 nitrogen and oxygen atoms in total. The predicted molar refractivity (Wildman–Crippen MR) is 134 cm³/mol. The van der Waals surface area contributed by atoms with E-state index in [1.54, 1.807) is 22.3 Å². The van der Waals surface area contributed by atoms with Crippen LogP contribution in [0.15, 0.2) is 36.4 Å². The first-order valence-electron chi connectivity index (χ1n) is 13.5. The normalized spacial score (nSPS) is 27.7. The molecule has 0 radical (unpaired) electrons. The summed E-state index contributed by atoms with van der Waals surface area (Å²) in [5.41, 5.74) is 9.33. The molecule has 0 heteroatoms. The zero-order chi connectivity index (χ0) is 21.2. The molecule has 2 aromatic rings. The Kier molecular flexibility index (Phi) is 6.54. The van der Waals surface area contributed by atoms with Crippen molar-refractivity contribution in [3.05, 3.63) is 58.7 Å². The Hall–Kier alpha value is -1.56. The van der Waals surface area contributed by atoms with E-state index in [1.807, 2.05) is 0 Å². The van der Waals surface area contributed by atoms with Gasteiger partial charge in [0.15, 0.2) is 0 Å². The molecule has 31 heavy (non-hydrogen) atoms. The van der Waals surface area contributed by atoms with E-state index in [2.05, 4.69) is 50.2 Å². The Morgan fingerprint density at radius 1 is 0.548 bits per heavy atom. The van der Waals surface area contributed by atoms with Gasteiger partial charge in [0.05, 0.1) is 0 Å². The van der Waals surface area contributed by atoms with Crippen molar-refractivity contribution >= 4 is 0 Å². The third-order valence-electron chi connectivity index (χ3n) is 9.15. The largest absolute Gasteiger partial charge is 0.0651 e. The van der Waals surface area contributed by atoms with E-state index < -0.39 is 0 Å². The summed E-state index contributed by atoms with van der Waals surface area (Å²) >= 11 is 0. The summed E-state index contributed by atoms with van der Waals surface area (Å²) in [5, 5.41) is 0. The minimum Gasteiger partial charge on any atom is -0.0651 e. The maximum atomic E-state index is 2.55. The van der Waals surface area contributed by atoms with E-state index in [4.69, 9.17) is 0 Å². The van der Waals surface area contributed by atoms with Gasteiger partial charge in [-0.1, -0.05) is 88.8 Å². The standard InChI is InChI=1S/C31H42/c1-3-22-5-9-24(10-6-22)17-26-13-15-30-28(19-26)21-29-20-27(14-16-31(29)30)18-25-11-7-23(4-2)8-12-25/h13-16,19-20,22-25H,3-12,17-18,21H2,1-2H3. The minimum atomic E-state index is 0.916. The van der Waals surface area contributed by atoms with Gasteiger partial charge in [0, 0.05) is 0 Å². The molecule has 3 aliphatic carbocycles. The average molecular weight is 415 g/mol. The van der Waals surface area contributed by atoms with E-state index in [0.29, 0.717) is 0 Å². The molecular weight excluding hydrogens is 372 g/mol. The van der Waals surface area contributed by atoms with Crippen LogP contribution in [0.4, 0.5) is 0 Å². The van der Waals surface area contributed by atoms with Gasteiger partial charge in [-0.2, -0.15) is 0 Å². The monoisotopic (exact) mass is 414 g/mol. The maximum Gasteiger partial charge on any atom is -0.00133 e. The molecule has 0 amide bonds. The molecule has 0 spiro atoms. The van der Waals surface area contributed by atoms with Crippen LogP contribution in [0.3, 0.4) is 0 Å². The Morgan fingerprint density at radius 3 is 1.32 bits per heavy atom. The molecule has 0 N–H and O–H groups in total. The van der Waals surface area contributed by atoms with Crippen LogP contribution in [0.5, 0.6) is 0 Å². The average Bonchev–Trinajstić information content (AvgIpc) is 3.17. The SMILES string of the molecule is CCC1CCC(Cc2ccc3c(c2)Cc2cc(CC4CCC(CC)CC4)ccc2-3)CC1. The van der Waals surface area contributed by atoms with Gasteiger partial charge in [0.25, 0.3) is 0 Å². The first kappa shape index (κ1) is 21.3. The second kappa shape index (κ2) is 9.51. The Morgan fingerprint density at radius 2 is 0.935 bits per heavy atom. The van der Waals surface area contributed by atoms with E-state index in [9.17, 15) is 0 Å². The number of rotatable bonds is 6. The van der Waals surface area contributed by atoms with Crippen LogP contribution >= 0.6 is 0 Å². The highest BCUT2D eigenvalue weighted by molar-refractivity contribution is 5.77. The van der Waals surface area contributed by atoms with Crippen LogP contribution in [0.25, 0.3) is 11.1 Å². The third kappa shape index (κ3) is 4.79. The summed E-state index contributed by atoms with van der Waals surface area (Å²) in [6.45, 7) is 4.73. The number of hydrogen-bond donors (Lipinski definition) is 0. The highest BCUT2D eigenvalue weighted by Crippen LogP contribution is 2.40. The van der Waals surface area contributed by atoms with Gasteiger partial charge in [-0.25, -0.2) is 0 Å². The van der Waals surface area contributed by atoms with E-state index >= 15 is 0 Å². The van der Waals surface area contributed by atoms with Crippen LogP contribution < -0.4 is 0 Å². The quantitative estimate of drug-likeness (QED) is 0.378. The highest BCUT2D eigenvalue weighted by Gasteiger charge is 2.24. The minimum absolute atomic E-state index is 0.916. The summed E-state index contributed by atoms with van der Waals surface area (Å²) < 4.78 is 0. The molecule has 0 saturated heterocycles. The topological polar surface area (TPSA) is 0 Å². The van der Waals surface area contributed by atoms with Crippen molar-refractivity contribution in [1.82, 2.24) is 0 Å². The smallest absolute Gasteiger partial charge is 0.00133 e. The van der Waals surface area contributed by atoms with Gasteiger partial charge in [0.1, 0.15) is 0 Å². The first-order valence-corrected chi connectivity index (χ1v) is 13.5. The lowest BCUT2D eigenvalue weighted by Gasteiger charge is -2.28. The van der Waals surface area contributed by atoms with E-state index in [1.165, 1.54) is 88.2 Å². The fourth-order valence-corrected chi connectivity index (χ4v) is 6.93. The van der Waals surface area contributed by atoms with Crippen LogP contribution in [-0.4, -0.2) is 0 Å². The summed E-state index contributed by atoms with van der Waals surface area (Å²) in [7, 11) is 0. The van der Waals surface area contributed by atoms with Crippen LogP contribution in [0, 0.1) is 23.7 Å². The second-order valence-corrected chi connectivity index (χ2v) is 11.2. The summed E-state index contributed by atoms with van der Waals surface area (Å²) in [5.74, 6) is 3.83. The van der Waals surface area contributed by atoms with Crippen LogP contribution in [0.1, 0.15) is 100 Å². The van der Waals surface area contributed by atoms with E-state index in [-0.39, 0.29) is 0 Å². The Labute approximate surface area is 190 Å². The van der Waals surface area contributed by atoms with Gasteiger partial charge >= 0.3 is 0 Å². The lowest BCUT2D eigenvalue weighted by atomic mass is 9.78. The molecular formula is C31H42. The van der Waals surface area contributed by atoms with Crippen LogP contribution in [-0.2, 0) is 19.3 Å². The summed E-state index contributed by atoms with van der Waals surface area (Å²) in [6, 6.07) is 14.8. The van der Waals surface area contributed by atoms with Crippen molar-refractivity contribution < 1.29 is 0 Å². The molecule has 0 heterocycles. The van der Waals surface area contributed by atoms with Gasteiger partial charge in [-0.15, -0.1) is 0 Å². The van der Waals surface area contributed by atoms with Crippen molar-refractivity contribution in [2.45, 2.75) is 97.3 Å². The molecule has 166 valence electrons. The second-order valence-electron chi connectivity index (χ2n) is 11.2. The lowest BCUT2D eigenvalue weighted by Crippen LogP contribution is -2.15. The molecule has 2 fully saturated rings. The summed E-state index contributed by atoms with van der Waals surface area (Å²) in [6.07, 6.45) is 18.1. The van der Waals surface area contributed by atoms with Crippen molar-refractivity contribution in [2.75, 3.05) is 0 Å². The van der Waals surface area contributed by atoms with Crippen molar-refractivity contribution in [2.24, 2.45) is 23.7 Å². The molecule has 3 aliphatic rings.